The average molecular weight is 116 g/mol. The molecule has 0 amide bonds. The van der Waals surface area contributed by atoms with E-state index in [1.54, 1.807) is 0 Å². The molecule has 0 spiro atoms. The van der Waals surface area contributed by atoms with Gasteiger partial charge in [0.1, 0.15) is 6.29 Å². The molecule has 48 valence electrons. The summed E-state index contributed by atoms with van der Waals surface area (Å²) >= 11 is 0. The molecule has 0 rings (SSSR count). The van der Waals surface area contributed by atoms with Gasteiger partial charge in [-0.3, -0.25) is 0 Å². The maximum absolute atomic E-state index is 9.84. The van der Waals surface area contributed by atoms with E-state index in [1.165, 1.54) is 0 Å². The third kappa shape index (κ3) is 3.77. The van der Waals surface area contributed by atoms with Crippen molar-refractivity contribution in [3.8, 4) is 0 Å². The molecule has 0 aromatic heterocycles. The minimum Gasteiger partial charge on any atom is -0.330 e. The van der Waals surface area contributed by atoms with E-state index >= 15 is 0 Å². The van der Waals surface area contributed by atoms with Crippen molar-refractivity contribution in [2.45, 2.75) is 18.9 Å². The van der Waals surface area contributed by atoms with Crippen LogP contribution in [0.1, 0.15) is 12.8 Å². The molecule has 0 aromatic carbocycles. The second kappa shape index (κ2) is 4.74. The van der Waals surface area contributed by atoms with Gasteiger partial charge >= 0.3 is 0 Å². The highest BCUT2D eigenvalue weighted by Gasteiger charge is 1.95. The van der Waals surface area contributed by atoms with E-state index < -0.39 is 0 Å². The van der Waals surface area contributed by atoms with Crippen LogP contribution in [0, 0.1) is 0 Å². The van der Waals surface area contributed by atoms with Crippen molar-refractivity contribution in [2.75, 3.05) is 6.54 Å². The van der Waals surface area contributed by atoms with Gasteiger partial charge in [0.05, 0.1) is 6.04 Å². The van der Waals surface area contributed by atoms with Crippen molar-refractivity contribution in [3.05, 3.63) is 0 Å². The number of aldehydes is 1. The van der Waals surface area contributed by atoms with Crippen LogP contribution in [0.25, 0.3) is 0 Å². The molecule has 0 radical (unpaired) electrons. The van der Waals surface area contributed by atoms with Crippen LogP contribution in [0.5, 0.6) is 0 Å². The Hall–Kier alpha value is -0.410. The first-order valence-electron chi connectivity index (χ1n) is 2.72. The van der Waals surface area contributed by atoms with Gasteiger partial charge in [-0.05, 0) is 19.4 Å². The van der Waals surface area contributed by atoms with Crippen molar-refractivity contribution in [2.24, 2.45) is 11.5 Å². The Kier molecular flexibility index (Phi) is 4.50. The molecule has 0 saturated heterocycles. The molecule has 0 aliphatic carbocycles. The number of hydrogen-bond acceptors (Lipinski definition) is 3. The molecule has 0 fully saturated rings. The Balaban J connectivity index is 2.98. The van der Waals surface area contributed by atoms with E-state index in [1.807, 2.05) is 0 Å². The van der Waals surface area contributed by atoms with E-state index in [2.05, 4.69) is 0 Å². The van der Waals surface area contributed by atoms with Gasteiger partial charge in [-0.2, -0.15) is 0 Å². The number of hydrogen-bond donors (Lipinski definition) is 2. The van der Waals surface area contributed by atoms with Crippen molar-refractivity contribution in [1.29, 1.82) is 0 Å². The second-order valence-electron chi connectivity index (χ2n) is 1.73. The Morgan fingerprint density at radius 3 is 2.62 bits per heavy atom. The lowest BCUT2D eigenvalue weighted by Gasteiger charge is -1.98. The maximum Gasteiger partial charge on any atom is 0.136 e. The summed E-state index contributed by atoms with van der Waals surface area (Å²) in [5, 5.41) is 0. The molecular formula is C5H12N2O. The number of rotatable bonds is 4. The van der Waals surface area contributed by atoms with Crippen molar-refractivity contribution < 1.29 is 4.79 Å². The number of nitrogens with two attached hydrogens (primary N) is 2. The topological polar surface area (TPSA) is 69.1 Å². The average Bonchev–Trinajstić information content (AvgIpc) is 1.83. The lowest BCUT2D eigenvalue weighted by atomic mass is 10.2. The van der Waals surface area contributed by atoms with Crippen LogP contribution in [0.15, 0.2) is 0 Å². The monoisotopic (exact) mass is 116 g/mol. The highest BCUT2D eigenvalue weighted by atomic mass is 16.1. The fourth-order valence-corrected chi connectivity index (χ4v) is 0.422. The van der Waals surface area contributed by atoms with E-state index in [4.69, 9.17) is 11.5 Å². The largest absolute Gasteiger partial charge is 0.330 e. The smallest absolute Gasteiger partial charge is 0.136 e. The molecule has 0 aliphatic heterocycles. The Bertz CT molecular complexity index is 65.4. The molecule has 0 saturated carbocycles. The van der Waals surface area contributed by atoms with Crippen LogP contribution in [-0.2, 0) is 4.79 Å². The number of carbonyl (C=O) groups is 1. The quantitative estimate of drug-likeness (QED) is 0.475. The molecule has 4 N–H and O–H groups in total. The van der Waals surface area contributed by atoms with E-state index in [9.17, 15) is 4.79 Å². The fraction of sp³-hybridized carbons (Fsp3) is 0.800. The van der Waals surface area contributed by atoms with Crippen LogP contribution < -0.4 is 11.5 Å². The summed E-state index contributed by atoms with van der Waals surface area (Å²) in [6, 6.07) is -0.307. The van der Waals surface area contributed by atoms with Gasteiger partial charge in [0.25, 0.3) is 0 Å². The van der Waals surface area contributed by atoms with Gasteiger partial charge in [-0.15, -0.1) is 0 Å². The standard InChI is InChI=1S/C5H12N2O/c6-3-1-2-5(7)4-8/h4-5H,1-3,6-7H2/t5-/m1/s1. The van der Waals surface area contributed by atoms with Gasteiger partial charge in [0, 0.05) is 0 Å². The van der Waals surface area contributed by atoms with Crippen LogP contribution >= 0.6 is 0 Å². The summed E-state index contributed by atoms with van der Waals surface area (Å²) in [5.74, 6) is 0. The summed E-state index contributed by atoms with van der Waals surface area (Å²) in [5.41, 5.74) is 10.4. The van der Waals surface area contributed by atoms with Crippen LogP contribution in [-0.4, -0.2) is 18.9 Å². The third-order valence-corrected chi connectivity index (χ3v) is 0.916. The first kappa shape index (κ1) is 7.59. The van der Waals surface area contributed by atoms with Crippen LogP contribution in [0.2, 0.25) is 0 Å². The van der Waals surface area contributed by atoms with Crippen LogP contribution in [0.3, 0.4) is 0 Å². The maximum atomic E-state index is 9.84. The molecule has 0 aromatic rings. The predicted molar refractivity (Wildman–Crippen MR) is 32.3 cm³/mol. The molecule has 0 bridgehead atoms. The lowest BCUT2D eigenvalue weighted by Crippen LogP contribution is -2.22. The minimum absolute atomic E-state index is 0.307. The van der Waals surface area contributed by atoms with Crippen molar-refractivity contribution >= 4 is 6.29 Å². The molecule has 1 atom stereocenters. The summed E-state index contributed by atoms with van der Waals surface area (Å²) < 4.78 is 0. The van der Waals surface area contributed by atoms with E-state index in [-0.39, 0.29) is 6.04 Å². The Morgan fingerprint density at radius 2 is 2.25 bits per heavy atom. The molecule has 3 nitrogen and oxygen atoms in total. The molecule has 3 heteroatoms. The van der Waals surface area contributed by atoms with Crippen molar-refractivity contribution in [3.63, 3.8) is 0 Å². The Labute approximate surface area is 49.0 Å². The first-order chi connectivity index (χ1) is 3.81. The molecule has 0 aliphatic rings. The zero-order valence-electron chi connectivity index (χ0n) is 4.84. The van der Waals surface area contributed by atoms with E-state index in [0.717, 1.165) is 12.7 Å². The van der Waals surface area contributed by atoms with E-state index in [0.29, 0.717) is 13.0 Å². The zero-order valence-corrected chi connectivity index (χ0v) is 4.84. The first-order valence-corrected chi connectivity index (χ1v) is 2.72. The van der Waals surface area contributed by atoms with Crippen molar-refractivity contribution in [1.82, 2.24) is 0 Å². The number of carbonyl (C=O) groups excluding carboxylic acids is 1. The van der Waals surface area contributed by atoms with Crippen LogP contribution in [0.4, 0.5) is 0 Å². The molecular weight excluding hydrogens is 104 g/mol. The summed E-state index contributed by atoms with van der Waals surface area (Å²) in [6.45, 7) is 0.613. The van der Waals surface area contributed by atoms with Gasteiger partial charge < -0.3 is 16.3 Å². The van der Waals surface area contributed by atoms with Gasteiger partial charge in [-0.1, -0.05) is 0 Å². The van der Waals surface area contributed by atoms with Gasteiger partial charge in [-0.25, -0.2) is 0 Å². The summed E-state index contributed by atoms with van der Waals surface area (Å²) in [4.78, 5) is 9.84. The lowest BCUT2D eigenvalue weighted by molar-refractivity contribution is -0.109. The highest BCUT2D eigenvalue weighted by molar-refractivity contribution is 5.56. The third-order valence-electron chi connectivity index (χ3n) is 0.916. The Morgan fingerprint density at radius 1 is 1.62 bits per heavy atom. The second-order valence-corrected chi connectivity index (χ2v) is 1.73. The highest BCUT2D eigenvalue weighted by Crippen LogP contribution is 1.87. The van der Waals surface area contributed by atoms with Gasteiger partial charge in [0.2, 0.25) is 0 Å². The normalized spacial score (nSPS) is 13.2. The predicted octanol–water partition coefficient (Wildman–Crippen LogP) is -0.748. The molecule has 8 heavy (non-hydrogen) atoms. The SMILES string of the molecule is NCCC[C@@H](N)C=O. The molecule has 0 unspecified atom stereocenters. The minimum atomic E-state index is -0.307. The summed E-state index contributed by atoms with van der Waals surface area (Å²) in [6.07, 6.45) is 2.29. The summed E-state index contributed by atoms with van der Waals surface area (Å²) in [7, 11) is 0. The van der Waals surface area contributed by atoms with Gasteiger partial charge in [0.15, 0.2) is 0 Å². The molecule has 0 heterocycles. The fourth-order valence-electron chi connectivity index (χ4n) is 0.422. The zero-order chi connectivity index (χ0) is 6.41.